The van der Waals surface area contributed by atoms with Crippen molar-refractivity contribution in [3.05, 3.63) is 0 Å². The summed E-state index contributed by atoms with van der Waals surface area (Å²) in [6.45, 7) is 2.81. The molecule has 0 spiro atoms. The van der Waals surface area contributed by atoms with Gasteiger partial charge in [-0.15, -0.1) is 36.4 Å². The fourth-order valence-electron chi connectivity index (χ4n) is 0.544. The van der Waals surface area contributed by atoms with Crippen molar-refractivity contribution in [1.29, 1.82) is 0 Å². The van der Waals surface area contributed by atoms with Gasteiger partial charge >= 0.3 is 0 Å². The highest BCUT2D eigenvalue weighted by molar-refractivity contribution is 6.17. The van der Waals surface area contributed by atoms with E-state index in [2.05, 4.69) is 5.32 Å². The van der Waals surface area contributed by atoms with Crippen LogP contribution in [0.1, 0.15) is 12.8 Å². The Kier molecular flexibility index (Phi) is 27.5. The van der Waals surface area contributed by atoms with Gasteiger partial charge in [-0.05, 0) is 32.5 Å². The predicted molar refractivity (Wildman–Crippen MR) is 56.4 cm³/mol. The van der Waals surface area contributed by atoms with Gasteiger partial charge in [0.2, 0.25) is 0 Å². The molecule has 0 unspecified atom stereocenters. The van der Waals surface area contributed by atoms with E-state index in [0.717, 1.165) is 38.4 Å². The lowest BCUT2D eigenvalue weighted by atomic mass is 10.4. The molecule has 0 bridgehead atoms. The fraction of sp³-hybridized carbons (Fsp3) is 1.00. The van der Waals surface area contributed by atoms with Gasteiger partial charge in [0.1, 0.15) is 0 Å². The summed E-state index contributed by atoms with van der Waals surface area (Å²) in [7, 11) is 0. The second-order valence-electron chi connectivity index (χ2n) is 1.93. The molecular formula is C6H17Cl3N2. The summed E-state index contributed by atoms with van der Waals surface area (Å²) in [5.41, 5.74) is 5.28. The van der Waals surface area contributed by atoms with Crippen molar-refractivity contribution < 1.29 is 0 Å². The summed E-state index contributed by atoms with van der Waals surface area (Å²) < 4.78 is 0. The Hall–Kier alpha value is 0.790. The molecule has 0 fully saturated rings. The number of nitrogens with one attached hydrogen (secondary N) is 1. The van der Waals surface area contributed by atoms with Crippen molar-refractivity contribution >= 4 is 36.4 Å². The molecule has 0 aliphatic heterocycles. The van der Waals surface area contributed by atoms with Gasteiger partial charge in [-0.2, -0.15) is 0 Å². The molecule has 0 radical (unpaired) electrons. The zero-order valence-corrected chi connectivity index (χ0v) is 8.90. The minimum Gasteiger partial charge on any atom is -0.330 e. The minimum atomic E-state index is 0. The third-order valence-corrected chi connectivity index (χ3v) is 1.31. The van der Waals surface area contributed by atoms with Gasteiger partial charge in [-0.1, -0.05) is 0 Å². The van der Waals surface area contributed by atoms with Crippen LogP contribution in [0.25, 0.3) is 0 Å². The summed E-state index contributed by atoms with van der Waals surface area (Å²) in [6, 6.07) is 0. The lowest BCUT2D eigenvalue weighted by molar-refractivity contribution is 0.647. The van der Waals surface area contributed by atoms with Gasteiger partial charge in [0, 0.05) is 5.88 Å². The van der Waals surface area contributed by atoms with Crippen LogP contribution < -0.4 is 11.1 Å². The lowest BCUT2D eigenvalue weighted by Crippen LogP contribution is -2.19. The number of rotatable bonds is 6. The first-order valence-electron chi connectivity index (χ1n) is 3.38. The van der Waals surface area contributed by atoms with E-state index in [1.807, 2.05) is 0 Å². The Bertz CT molecular complexity index is 49.1. The van der Waals surface area contributed by atoms with Crippen LogP contribution in [0, 0.1) is 0 Å². The Morgan fingerprint density at radius 3 is 2.09 bits per heavy atom. The number of hydrogen-bond donors (Lipinski definition) is 2. The molecule has 11 heavy (non-hydrogen) atoms. The maximum atomic E-state index is 5.45. The minimum absolute atomic E-state index is 0. The van der Waals surface area contributed by atoms with E-state index in [4.69, 9.17) is 17.3 Å². The smallest absolute Gasteiger partial charge is 0.0235 e. The normalized spacial score (nSPS) is 8.18. The summed E-state index contributed by atoms with van der Waals surface area (Å²) >= 11 is 5.45. The average Bonchev–Trinajstić information content (AvgIpc) is 1.89. The molecule has 3 N–H and O–H groups in total. The first-order valence-corrected chi connectivity index (χ1v) is 3.92. The third kappa shape index (κ3) is 18.1. The van der Waals surface area contributed by atoms with Gasteiger partial charge < -0.3 is 11.1 Å². The van der Waals surface area contributed by atoms with Crippen LogP contribution in [0.5, 0.6) is 0 Å². The third-order valence-electron chi connectivity index (χ3n) is 1.04. The van der Waals surface area contributed by atoms with E-state index in [0.29, 0.717) is 0 Å². The van der Waals surface area contributed by atoms with Gasteiger partial charge in [0.05, 0.1) is 0 Å². The Labute approximate surface area is 86.1 Å². The van der Waals surface area contributed by atoms with Crippen LogP contribution in [0.15, 0.2) is 0 Å². The molecule has 0 aliphatic carbocycles. The highest BCUT2D eigenvalue weighted by Gasteiger charge is 1.84. The van der Waals surface area contributed by atoms with E-state index in [1.54, 1.807) is 0 Å². The maximum Gasteiger partial charge on any atom is 0.0235 e. The van der Waals surface area contributed by atoms with Gasteiger partial charge in [-0.3, -0.25) is 0 Å². The highest BCUT2D eigenvalue weighted by Crippen LogP contribution is 1.80. The van der Waals surface area contributed by atoms with E-state index >= 15 is 0 Å². The van der Waals surface area contributed by atoms with Crippen molar-refractivity contribution in [2.45, 2.75) is 12.8 Å². The first-order chi connectivity index (χ1) is 4.41. The van der Waals surface area contributed by atoms with Crippen LogP contribution in [0.3, 0.4) is 0 Å². The van der Waals surface area contributed by atoms with Crippen molar-refractivity contribution in [1.82, 2.24) is 5.32 Å². The Morgan fingerprint density at radius 2 is 1.64 bits per heavy atom. The topological polar surface area (TPSA) is 38.0 Å². The molecule has 0 rings (SSSR count). The number of halogens is 3. The summed E-state index contributed by atoms with van der Waals surface area (Å²) in [4.78, 5) is 0. The predicted octanol–water partition coefficient (Wildman–Crippen LogP) is 1.40. The molecule has 2 nitrogen and oxygen atoms in total. The van der Waals surface area contributed by atoms with Gasteiger partial charge in [0.25, 0.3) is 0 Å². The molecule has 5 heteroatoms. The fourth-order valence-corrected chi connectivity index (χ4v) is 0.678. The van der Waals surface area contributed by atoms with E-state index in [-0.39, 0.29) is 24.8 Å². The molecule has 0 atom stereocenters. The van der Waals surface area contributed by atoms with Crippen molar-refractivity contribution in [2.75, 3.05) is 25.5 Å². The Morgan fingerprint density at radius 1 is 1.09 bits per heavy atom. The average molecular weight is 224 g/mol. The first kappa shape index (κ1) is 17.8. The second kappa shape index (κ2) is 17.0. The van der Waals surface area contributed by atoms with Crippen LogP contribution in [-0.2, 0) is 0 Å². The SMILES string of the molecule is Cl.Cl.NCCCNCCCCl. The Balaban J connectivity index is -0.000000320. The molecule has 0 saturated carbocycles. The van der Waals surface area contributed by atoms with Crippen LogP contribution in [0.4, 0.5) is 0 Å². The zero-order chi connectivity index (χ0) is 6.95. The summed E-state index contributed by atoms with van der Waals surface area (Å²) in [6.07, 6.45) is 2.11. The van der Waals surface area contributed by atoms with Crippen molar-refractivity contribution in [2.24, 2.45) is 5.73 Å². The number of nitrogens with two attached hydrogens (primary N) is 1. The maximum absolute atomic E-state index is 5.45. The molecule has 0 saturated heterocycles. The molecule has 0 aromatic heterocycles. The largest absolute Gasteiger partial charge is 0.330 e. The highest BCUT2D eigenvalue weighted by atomic mass is 35.5. The number of alkyl halides is 1. The molecule has 0 aromatic rings. The lowest BCUT2D eigenvalue weighted by Gasteiger charge is -1.99. The van der Waals surface area contributed by atoms with E-state index in [9.17, 15) is 0 Å². The van der Waals surface area contributed by atoms with Crippen LogP contribution in [-0.4, -0.2) is 25.5 Å². The summed E-state index contributed by atoms with van der Waals surface area (Å²) in [5.74, 6) is 0.746. The second-order valence-corrected chi connectivity index (χ2v) is 2.31. The molecule has 0 aromatic carbocycles. The van der Waals surface area contributed by atoms with Crippen molar-refractivity contribution in [3.8, 4) is 0 Å². The monoisotopic (exact) mass is 222 g/mol. The quantitative estimate of drug-likeness (QED) is 0.528. The summed E-state index contributed by atoms with van der Waals surface area (Å²) in [5, 5.41) is 3.22. The van der Waals surface area contributed by atoms with Gasteiger partial charge in [0.15, 0.2) is 0 Å². The standard InChI is InChI=1S/C6H15ClN2.2ClH/c7-3-1-5-9-6-2-4-8;;/h9H,1-6,8H2;2*1H. The van der Waals surface area contributed by atoms with Crippen molar-refractivity contribution in [3.63, 3.8) is 0 Å². The molecule has 0 amide bonds. The van der Waals surface area contributed by atoms with E-state index < -0.39 is 0 Å². The van der Waals surface area contributed by atoms with Gasteiger partial charge in [-0.25, -0.2) is 0 Å². The van der Waals surface area contributed by atoms with Crippen LogP contribution >= 0.6 is 36.4 Å². The molecule has 0 aliphatic rings. The molecule has 72 valence electrons. The molecular weight excluding hydrogens is 206 g/mol. The zero-order valence-electron chi connectivity index (χ0n) is 6.51. The van der Waals surface area contributed by atoms with E-state index in [1.165, 1.54) is 0 Å². The van der Waals surface area contributed by atoms with Crippen LogP contribution in [0.2, 0.25) is 0 Å². The molecule has 0 heterocycles. The number of hydrogen-bond acceptors (Lipinski definition) is 2.